The number of aryl methyl sites for hydroxylation is 1. The molecule has 0 bridgehead atoms. The van der Waals surface area contributed by atoms with E-state index in [0.29, 0.717) is 5.41 Å². The molecule has 0 spiro atoms. The summed E-state index contributed by atoms with van der Waals surface area (Å²) in [5.74, 6) is 2.21. The summed E-state index contributed by atoms with van der Waals surface area (Å²) < 4.78 is 6.08. The van der Waals surface area contributed by atoms with Crippen molar-refractivity contribution in [3.63, 3.8) is 0 Å². The third-order valence-electron chi connectivity index (χ3n) is 5.79. The lowest BCUT2D eigenvalue weighted by Crippen LogP contribution is -2.27. The highest BCUT2D eigenvalue weighted by Gasteiger charge is 2.31. The lowest BCUT2D eigenvalue weighted by atomic mass is 9.75. The quantitative estimate of drug-likeness (QED) is 0.301. The smallest absolute Gasteiger partial charge is 0.140 e. The van der Waals surface area contributed by atoms with Gasteiger partial charge in [-0.05, 0) is 54.9 Å². The summed E-state index contributed by atoms with van der Waals surface area (Å²) in [6, 6.07) is 18.6. The number of hydrogen-bond acceptors (Lipinski definition) is 3. The molecule has 0 unspecified atom stereocenters. The maximum atomic E-state index is 6.08. The Morgan fingerprint density at radius 3 is 1.85 bits per heavy atom. The molecule has 1 aliphatic rings. The molecular formula is C30H43NOS. The molecule has 1 heterocycles. The second-order valence-electron chi connectivity index (χ2n) is 8.39. The van der Waals surface area contributed by atoms with Gasteiger partial charge in [0.15, 0.2) is 0 Å². The van der Waals surface area contributed by atoms with Crippen molar-refractivity contribution in [1.29, 1.82) is 0 Å². The summed E-state index contributed by atoms with van der Waals surface area (Å²) in [6.07, 6.45) is 26.4. The van der Waals surface area contributed by atoms with E-state index in [2.05, 4.69) is 76.7 Å². The molecule has 0 aliphatic carbocycles. The summed E-state index contributed by atoms with van der Waals surface area (Å²) in [5, 5.41) is 0. The third-order valence-corrected chi connectivity index (χ3v) is 6.81. The van der Waals surface area contributed by atoms with Crippen LogP contribution in [0.25, 0.3) is 0 Å². The van der Waals surface area contributed by atoms with Crippen LogP contribution in [0.4, 0.5) is 5.69 Å². The molecule has 3 rings (SSSR count). The minimum Gasteiger partial charge on any atom is -0.425 e. The van der Waals surface area contributed by atoms with Gasteiger partial charge in [-0.1, -0.05) is 75.9 Å². The third kappa shape index (κ3) is 11.8. The van der Waals surface area contributed by atoms with Crippen molar-refractivity contribution in [2.45, 2.75) is 65.2 Å². The highest BCUT2D eigenvalue weighted by Crippen LogP contribution is 2.43. The van der Waals surface area contributed by atoms with Gasteiger partial charge < -0.3 is 9.08 Å². The van der Waals surface area contributed by atoms with E-state index in [1.807, 2.05) is 36.4 Å². The van der Waals surface area contributed by atoms with Crippen LogP contribution in [-0.2, 0) is 6.42 Å². The molecule has 0 atom stereocenters. The number of hydrogen-bond donors (Lipinski definition) is 0. The zero-order valence-corrected chi connectivity index (χ0v) is 21.9. The summed E-state index contributed by atoms with van der Waals surface area (Å²) in [6.45, 7) is 4.61. The SMILES string of the molecule is C#C.C#C.CCCCC1(CCCC)CCc2cc(N(C)C)ccc2OSC1.c1ccccc1. The standard InChI is InChI=1S/C20H33NOS.C6H6.2C2H2/c1-5-7-12-20(13-8-6-2)14-11-17-15-18(21(3)4)9-10-19(17)22-23-16-20;1-2-4-6-5-3-1;2*1-2/h9-10,15H,5-8,11-14,16H2,1-4H3;1-6H;2*1-2H. The van der Waals surface area contributed by atoms with E-state index in [0.717, 1.165) is 17.9 Å². The number of unbranched alkanes of at least 4 members (excludes halogenated alkanes) is 2. The number of anilines is 1. The van der Waals surface area contributed by atoms with Gasteiger partial charge in [-0.15, -0.1) is 25.7 Å². The van der Waals surface area contributed by atoms with E-state index in [1.165, 1.54) is 56.2 Å². The molecule has 0 fully saturated rings. The van der Waals surface area contributed by atoms with Crippen LogP contribution in [0, 0.1) is 31.1 Å². The van der Waals surface area contributed by atoms with Crippen LogP contribution in [0.5, 0.6) is 5.75 Å². The van der Waals surface area contributed by atoms with E-state index >= 15 is 0 Å². The fourth-order valence-electron chi connectivity index (χ4n) is 3.82. The van der Waals surface area contributed by atoms with Crippen molar-refractivity contribution in [1.82, 2.24) is 0 Å². The Kier molecular flexibility index (Phi) is 17.6. The van der Waals surface area contributed by atoms with Gasteiger partial charge in [-0.25, -0.2) is 0 Å². The summed E-state index contributed by atoms with van der Waals surface area (Å²) in [5.41, 5.74) is 3.11. The monoisotopic (exact) mass is 465 g/mol. The Bertz CT molecular complexity index is 726. The average molecular weight is 466 g/mol. The summed E-state index contributed by atoms with van der Waals surface area (Å²) in [7, 11) is 4.21. The van der Waals surface area contributed by atoms with Gasteiger partial charge in [0.1, 0.15) is 5.75 Å². The van der Waals surface area contributed by atoms with Gasteiger partial charge in [-0.3, -0.25) is 0 Å². The molecule has 33 heavy (non-hydrogen) atoms. The molecule has 0 radical (unpaired) electrons. The first kappa shape index (κ1) is 30.5. The second-order valence-corrected chi connectivity index (χ2v) is 9.08. The molecule has 0 saturated carbocycles. The van der Waals surface area contributed by atoms with Crippen LogP contribution in [0.1, 0.15) is 64.4 Å². The first-order valence-electron chi connectivity index (χ1n) is 11.9. The zero-order chi connectivity index (χ0) is 25.0. The van der Waals surface area contributed by atoms with Gasteiger partial charge in [0.25, 0.3) is 0 Å². The fourth-order valence-corrected chi connectivity index (χ4v) is 4.85. The molecule has 1 aliphatic heterocycles. The van der Waals surface area contributed by atoms with Crippen LogP contribution in [0.3, 0.4) is 0 Å². The van der Waals surface area contributed by atoms with Crippen molar-refractivity contribution >= 4 is 17.7 Å². The van der Waals surface area contributed by atoms with Gasteiger partial charge in [-0.2, -0.15) is 0 Å². The first-order chi connectivity index (χ1) is 16.1. The molecule has 3 heteroatoms. The van der Waals surface area contributed by atoms with Crippen molar-refractivity contribution < 1.29 is 4.18 Å². The number of benzene rings is 2. The molecular weight excluding hydrogens is 422 g/mol. The Morgan fingerprint density at radius 2 is 1.39 bits per heavy atom. The number of fused-ring (bicyclic) bond motifs is 1. The zero-order valence-electron chi connectivity index (χ0n) is 21.1. The van der Waals surface area contributed by atoms with Crippen molar-refractivity contribution in [2.24, 2.45) is 5.41 Å². The number of nitrogens with zero attached hydrogens (tertiary/aromatic N) is 1. The van der Waals surface area contributed by atoms with Crippen LogP contribution < -0.4 is 9.08 Å². The Labute approximate surface area is 208 Å². The minimum absolute atomic E-state index is 0.461. The highest BCUT2D eigenvalue weighted by atomic mass is 32.2. The van der Waals surface area contributed by atoms with Gasteiger partial charge in [0, 0.05) is 25.5 Å². The molecule has 0 aromatic heterocycles. The molecule has 2 aromatic carbocycles. The van der Waals surface area contributed by atoms with Crippen molar-refractivity contribution in [3.05, 3.63) is 60.2 Å². The van der Waals surface area contributed by atoms with Gasteiger partial charge in [0.2, 0.25) is 0 Å². The first-order valence-corrected chi connectivity index (χ1v) is 12.8. The average Bonchev–Trinajstić information content (AvgIpc) is 2.87. The van der Waals surface area contributed by atoms with Gasteiger partial charge in [0.05, 0.1) is 12.0 Å². The fraction of sp³-hybridized carbons (Fsp3) is 0.467. The lowest BCUT2D eigenvalue weighted by Gasteiger charge is -2.35. The number of terminal acetylenes is 2. The van der Waals surface area contributed by atoms with Gasteiger partial charge >= 0.3 is 0 Å². The van der Waals surface area contributed by atoms with E-state index in [4.69, 9.17) is 4.18 Å². The summed E-state index contributed by atoms with van der Waals surface area (Å²) >= 11 is 1.68. The van der Waals surface area contributed by atoms with Crippen LogP contribution in [0.15, 0.2) is 54.6 Å². The Balaban J connectivity index is 0.000000860. The molecule has 180 valence electrons. The van der Waals surface area contributed by atoms with E-state index in [-0.39, 0.29) is 0 Å². The number of rotatable bonds is 7. The molecule has 2 aromatic rings. The normalized spacial score (nSPS) is 13.3. The largest absolute Gasteiger partial charge is 0.425 e. The molecule has 0 N–H and O–H groups in total. The van der Waals surface area contributed by atoms with Crippen LogP contribution in [0.2, 0.25) is 0 Å². The van der Waals surface area contributed by atoms with Crippen molar-refractivity contribution in [3.8, 4) is 31.4 Å². The second kappa shape index (κ2) is 19.0. The molecule has 2 nitrogen and oxygen atoms in total. The molecule has 0 amide bonds. The van der Waals surface area contributed by atoms with Crippen molar-refractivity contribution in [2.75, 3.05) is 24.7 Å². The topological polar surface area (TPSA) is 12.5 Å². The maximum Gasteiger partial charge on any atom is 0.140 e. The Hall–Kier alpha value is -2.49. The highest BCUT2D eigenvalue weighted by molar-refractivity contribution is 7.95. The maximum absolute atomic E-state index is 6.08. The van der Waals surface area contributed by atoms with E-state index < -0.39 is 0 Å². The van der Waals surface area contributed by atoms with E-state index in [1.54, 1.807) is 12.0 Å². The lowest BCUT2D eigenvalue weighted by molar-refractivity contribution is 0.238. The van der Waals surface area contributed by atoms with Crippen LogP contribution in [-0.4, -0.2) is 19.8 Å². The van der Waals surface area contributed by atoms with E-state index in [9.17, 15) is 0 Å². The predicted molar refractivity (Wildman–Crippen MR) is 150 cm³/mol. The Morgan fingerprint density at radius 1 is 0.879 bits per heavy atom. The molecule has 0 saturated heterocycles. The minimum atomic E-state index is 0.461. The predicted octanol–water partition coefficient (Wildman–Crippen LogP) is 8.28. The summed E-state index contributed by atoms with van der Waals surface area (Å²) in [4.78, 5) is 2.17. The van der Waals surface area contributed by atoms with Crippen LogP contribution >= 0.6 is 12.0 Å².